The van der Waals surface area contributed by atoms with E-state index in [2.05, 4.69) is 15.3 Å². The number of sulfonamides is 1. The molecule has 2 aromatic rings. The summed E-state index contributed by atoms with van der Waals surface area (Å²) >= 11 is 5.80. The topological polar surface area (TPSA) is 95.5 Å². The molecule has 3 rings (SSSR count). The molecule has 0 atom stereocenters. The molecule has 1 saturated heterocycles. The second kappa shape index (κ2) is 9.31. The van der Waals surface area contributed by atoms with Gasteiger partial charge in [-0.25, -0.2) is 18.4 Å². The van der Waals surface area contributed by atoms with Gasteiger partial charge in [-0.3, -0.25) is 4.79 Å². The summed E-state index contributed by atoms with van der Waals surface area (Å²) in [5, 5.41) is 3.29. The second-order valence-electron chi connectivity index (χ2n) is 6.37. The summed E-state index contributed by atoms with van der Waals surface area (Å²) in [6, 6.07) is 8.28. The first-order chi connectivity index (χ1) is 13.5. The molecular weight excluding hydrogens is 402 g/mol. The molecule has 1 N–H and O–H groups in total. The maximum absolute atomic E-state index is 12.5. The van der Waals surface area contributed by atoms with Gasteiger partial charge in [0.05, 0.1) is 5.75 Å². The van der Waals surface area contributed by atoms with E-state index in [0.29, 0.717) is 55.7 Å². The summed E-state index contributed by atoms with van der Waals surface area (Å²) < 4.78 is 26.6. The normalized spacial score (nSPS) is 15.4. The van der Waals surface area contributed by atoms with E-state index in [1.165, 1.54) is 4.31 Å². The molecule has 0 unspecified atom stereocenters. The van der Waals surface area contributed by atoms with E-state index in [0.717, 1.165) is 0 Å². The average Bonchev–Trinajstić information content (AvgIpc) is 2.72. The Hall–Kier alpha value is -2.23. The third-order valence-electron chi connectivity index (χ3n) is 4.44. The minimum absolute atomic E-state index is 0.00423. The van der Waals surface area contributed by atoms with E-state index in [9.17, 15) is 13.2 Å². The summed E-state index contributed by atoms with van der Waals surface area (Å²) in [5.41, 5.74) is 0.492. The summed E-state index contributed by atoms with van der Waals surface area (Å²) in [4.78, 5) is 22.4. The minimum atomic E-state index is -3.36. The minimum Gasteiger partial charge on any atom is -0.352 e. The van der Waals surface area contributed by atoms with Gasteiger partial charge in [0.15, 0.2) is 0 Å². The lowest BCUT2D eigenvalue weighted by Gasteiger charge is -2.33. The van der Waals surface area contributed by atoms with Crippen molar-refractivity contribution in [3.63, 3.8) is 0 Å². The standard InChI is InChI=1S/C18H22ClN5O3S/c19-16-5-3-15(4-6-16)17(25)20-9-2-14-28(26,27)24-12-10-23(11-13-24)18-21-7-1-8-22-18/h1,3-8H,2,9-14H2,(H,20,25). The molecule has 1 aliphatic rings. The number of piperazine rings is 1. The number of amides is 1. The van der Waals surface area contributed by atoms with Gasteiger partial charge in [-0.1, -0.05) is 11.6 Å². The third kappa shape index (κ3) is 5.40. The van der Waals surface area contributed by atoms with Crippen LogP contribution >= 0.6 is 11.6 Å². The molecule has 1 amide bonds. The van der Waals surface area contributed by atoms with Gasteiger partial charge in [0.2, 0.25) is 16.0 Å². The van der Waals surface area contributed by atoms with E-state index >= 15 is 0 Å². The van der Waals surface area contributed by atoms with E-state index in [1.54, 1.807) is 42.7 Å². The maximum Gasteiger partial charge on any atom is 0.251 e. The van der Waals surface area contributed by atoms with Crippen molar-refractivity contribution in [3.8, 4) is 0 Å². The Morgan fingerprint density at radius 3 is 2.36 bits per heavy atom. The Morgan fingerprint density at radius 2 is 1.71 bits per heavy atom. The predicted octanol–water partition coefficient (Wildman–Crippen LogP) is 1.40. The van der Waals surface area contributed by atoms with Crippen molar-refractivity contribution in [1.29, 1.82) is 0 Å². The molecule has 28 heavy (non-hydrogen) atoms. The largest absolute Gasteiger partial charge is 0.352 e. The van der Waals surface area contributed by atoms with Gasteiger partial charge in [0.25, 0.3) is 5.91 Å². The smallest absolute Gasteiger partial charge is 0.251 e. The molecule has 0 spiro atoms. The van der Waals surface area contributed by atoms with Gasteiger partial charge in [-0.15, -0.1) is 0 Å². The fourth-order valence-electron chi connectivity index (χ4n) is 2.91. The summed E-state index contributed by atoms with van der Waals surface area (Å²) in [6.45, 7) is 2.20. The molecule has 0 saturated carbocycles. The fourth-order valence-corrected chi connectivity index (χ4v) is 4.52. The Kier molecular flexibility index (Phi) is 6.82. The van der Waals surface area contributed by atoms with Crippen molar-refractivity contribution in [3.05, 3.63) is 53.3 Å². The van der Waals surface area contributed by atoms with E-state index < -0.39 is 10.0 Å². The number of halogens is 1. The number of carbonyl (C=O) groups excluding carboxylic acids is 1. The summed E-state index contributed by atoms with van der Waals surface area (Å²) in [6.07, 6.45) is 3.69. The molecule has 1 fully saturated rings. The number of aromatic nitrogens is 2. The van der Waals surface area contributed by atoms with Gasteiger partial charge in [-0.2, -0.15) is 4.31 Å². The van der Waals surface area contributed by atoms with E-state index in [1.807, 2.05) is 4.90 Å². The van der Waals surface area contributed by atoms with Crippen LogP contribution in [-0.2, 0) is 10.0 Å². The lowest BCUT2D eigenvalue weighted by Crippen LogP contribution is -2.49. The number of carbonyl (C=O) groups is 1. The molecule has 8 nitrogen and oxygen atoms in total. The van der Waals surface area contributed by atoms with Crippen LogP contribution in [0.15, 0.2) is 42.7 Å². The van der Waals surface area contributed by atoms with Crippen LogP contribution in [0.4, 0.5) is 5.95 Å². The molecule has 0 radical (unpaired) electrons. The van der Waals surface area contributed by atoms with Crippen LogP contribution in [0.1, 0.15) is 16.8 Å². The van der Waals surface area contributed by atoms with Crippen LogP contribution in [0.3, 0.4) is 0 Å². The highest BCUT2D eigenvalue weighted by Crippen LogP contribution is 2.13. The molecule has 1 aromatic heterocycles. The molecular formula is C18H22ClN5O3S. The first kappa shape index (κ1) is 20.5. The van der Waals surface area contributed by atoms with Crippen LogP contribution in [0.25, 0.3) is 0 Å². The fraction of sp³-hybridized carbons (Fsp3) is 0.389. The van der Waals surface area contributed by atoms with Gasteiger partial charge in [-0.05, 0) is 36.8 Å². The van der Waals surface area contributed by atoms with Crippen molar-refractivity contribution in [2.24, 2.45) is 0 Å². The quantitative estimate of drug-likeness (QED) is 0.676. The number of hydrogen-bond acceptors (Lipinski definition) is 6. The monoisotopic (exact) mass is 423 g/mol. The average molecular weight is 424 g/mol. The Balaban J connectivity index is 1.42. The molecule has 150 valence electrons. The highest BCUT2D eigenvalue weighted by Gasteiger charge is 2.27. The molecule has 10 heteroatoms. The molecule has 2 heterocycles. The number of hydrogen-bond donors (Lipinski definition) is 1. The number of benzene rings is 1. The number of anilines is 1. The lowest BCUT2D eigenvalue weighted by molar-refractivity contribution is 0.0953. The predicted molar refractivity (Wildman–Crippen MR) is 108 cm³/mol. The van der Waals surface area contributed by atoms with Crippen molar-refractivity contribution >= 4 is 33.5 Å². The lowest BCUT2D eigenvalue weighted by atomic mass is 10.2. The van der Waals surface area contributed by atoms with E-state index in [4.69, 9.17) is 11.6 Å². The van der Waals surface area contributed by atoms with Crippen molar-refractivity contribution < 1.29 is 13.2 Å². The van der Waals surface area contributed by atoms with Gasteiger partial charge in [0.1, 0.15) is 0 Å². The summed E-state index contributed by atoms with van der Waals surface area (Å²) in [7, 11) is -3.36. The highest BCUT2D eigenvalue weighted by atomic mass is 35.5. The number of rotatable bonds is 7. The van der Waals surface area contributed by atoms with Gasteiger partial charge >= 0.3 is 0 Å². The van der Waals surface area contributed by atoms with Crippen LogP contribution in [0.2, 0.25) is 5.02 Å². The zero-order valence-electron chi connectivity index (χ0n) is 15.3. The first-order valence-electron chi connectivity index (χ1n) is 8.99. The van der Waals surface area contributed by atoms with Crippen molar-refractivity contribution in [2.45, 2.75) is 6.42 Å². The Labute approximate surface area is 169 Å². The zero-order valence-corrected chi connectivity index (χ0v) is 16.9. The zero-order chi connectivity index (χ0) is 20.0. The maximum atomic E-state index is 12.5. The third-order valence-corrected chi connectivity index (χ3v) is 6.65. The van der Waals surface area contributed by atoms with Crippen LogP contribution in [-0.4, -0.2) is 67.1 Å². The van der Waals surface area contributed by atoms with Crippen LogP contribution in [0.5, 0.6) is 0 Å². The number of nitrogens with one attached hydrogen (secondary N) is 1. The van der Waals surface area contributed by atoms with Crippen LogP contribution < -0.4 is 10.2 Å². The van der Waals surface area contributed by atoms with Crippen molar-refractivity contribution in [2.75, 3.05) is 43.4 Å². The van der Waals surface area contributed by atoms with Gasteiger partial charge < -0.3 is 10.2 Å². The van der Waals surface area contributed by atoms with Gasteiger partial charge in [0, 0.05) is 55.7 Å². The molecule has 1 aromatic carbocycles. The molecule has 0 aliphatic carbocycles. The molecule has 1 aliphatic heterocycles. The Morgan fingerprint density at radius 1 is 1.07 bits per heavy atom. The Bertz CT molecular complexity index is 885. The van der Waals surface area contributed by atoms with E-state index in [-0.39, 0.29) is 11.7 Å². The SMILES string of the molecule is O=C(NCCCS(=O)(=O)N1CCN(c2ncccn2)CC1)c1ccc(Cl)cc1. The second-order valence-corrected chi connectivity index (χ2v) is 8.89. The van der Waals surface area contributed by atoms with Crippen LogP contribution in [0, 0.1) is 0 Å². The summed E-state index contributed by atoms with van der Waals surface area (Å²) in [5.74, 6) is 0.366. The first-order valence-corrected chi connectivity index (χ1v) is 11.0. The van der Waals surface area contributed by atoms with Crippen molar-refractivity contribution in [1.82, 2.24) is 19.6 Å². The number of nitrogens with zero attached hydrogens (tertiary/aromatic N) is 4. The highest BCUT2D eigenvalue weighted by molar-refractivity contribution is 7.89. The molecule has 0 bridgehead atoms.